The molecule has 0 radical (unpaired) electrons. The summed E-state index contributed by atoms with van der Waals surface area (Å²) >= 11 is 0. The third kappa shape index (κ3) is 21.8. The maximum Gasteiger partial charge on any atom is 0.322 e. The van der Waals surface area contributed by atoms with Crippen molar-refractivity contribution in [1.29, 1.82) is 0 Å². The number of esters is 2. The molecular weight excluding hydrogens is 1760 g/mol. The van der Waals surface area contributed by atoms with Gasteiger partial charge in [-0.25, -0.2) is 23.1 Å². The van der Waals surface area contributed by atoms with E-state index in [0.717, 1.165) is 133 Å². The van der Waals surface area contributed by atoms with Crippen molar-refractivity contribution in [2.45, 2.75) is 122 Å². The quantitative estimate of drug-likeness (QED) is 0.0289. The highest BCUT2D eigenvalue weighted by Crippen LogP contribution is 2.41. The molecule has 21 rings (SSSR count). The highest BCUT2D eigenvalue weighted by molar-refractivity contribution is 6.17. The van der Waals surface area contributed by atoms with Gasteiger partial charge in [0.15, 0.2) is 23.1 Å². The third-order valence-electron chi connectivity index (χ3n) is 27.8. The summed E-state index contributed by atoms with van der Waals surface area (Å²) in [6, 6.07) is 57.8. The molecule has 6 aliphatic rings. The minimum absolute atomic E-state index is 0.0153. The summed E-state index contributed by atoms with van der Waals surface area (Å²) in [6.45, 7) is 4.48. The van der Waals surface area contributed by atoms with Crippen LogP contribution in [0.1, 0.15) is 162 Å². The number of benzene rings is 7. The molecule has 5 aliphatic heterocycles. The largest absolute Gasteiger partial charge is 0.496 e. The highest BCUT2D eigenvalue weighted by atomic mass is 19.1. The molecule has 139 heavy (non-hydrogen) atoms. The molecule has 5 unspecified atom stereocenters. The van der Waals surface area contributed by atoms with Crippen LogP contribution in [0, 0.1) is 47.1 Å². The van der Waals surface area contributed by atoms with Crippen LogP contribution < -0.4 is 14.8 Å². The average molecular weight is 1870 g/mol. The number of ketones is 4. The van der Waals surface area contributed by atoms with Crippen LogP contribution in [0.2, 0.25) is 0 Å². The highest BCUT2D eigenvalue weighted by Gasteiger charge is 2.39. The molecule has 4 N–H and O–H groups in total. The number of imidazole rings is 2. The molecule has 1 aliphatic carbocycles. The second-order valence-corrected chi connectivity index (χ2v) is 36.6. The number of carbonyl (C=O) groups excluding carboxylic acids is 6. The van der Waals surface area contributed by atoms with Gasteiger partial charge < -0.3 is 38.2 Å². The number of carbonyl (C=O) groups is 6. The Labute approximate surface area is 801 Å². The van der Waals surface area contributed by atoms with Crippen LogP contribution in [-0.2, 0) is 51.7 Å². The van der Waals surface area contributed by atoms with E-state index in [4.69, 9.17) is 28.9 Å². The standard InChI is InChI=1S/C30H28F2N4O2.C30H29FN4O3.C29H29N3O3.C21H22N4O3/c1-38-28-4-2-3-26(32)24(28)18-35-11-9-25(31)22(16-35)14-27(37)19-5-6-20-15-34-30(23(20)13-19)21-7-8-29-33-10-12-36(29)17-21;1-38-28-4-2-3-25(31)24(28)18-34-11-9-26(36)22(16-34)14-27(37)19-5-6-20-15-33-30(23(20)13-19)21-7-8-29-32-10-12-35(29)17-21;1-35-29(34)24-9-7-20(16-23(24)15-19-5-3-2-4-6-19)17-27(33)22-8-10-26-25(18-22)28(32-31-26)21-11-13-30-14-12-21;1-28-21(27)18-4-2-13(12-23-18)10-19(26)15-3-5-17-16(11-15)20(25-24-17)14-6-8-22-9-7-14/h2-8,10,12-13,17,22,25H,9,11,14-16,18H2,1H3;2-8,10,12-13,17,22,26,36H,9,11,14-16,18H2,1H3;2-6,8,10-14,18,20,23-24H,7,9,15-17H2,1H3,(H,31,32);3,5-9,11,13,18,23H,2,4,10,12H2,1H3,(H,24,25)/t;;20-,23?,24-;13-,18-/m..10/s1. The maximum atomic E-state index is 15.0. The number of aromatic nitrogens is 10. The lowest BCUT2D eigenvalue weighted by atomic mass is 9.70. The molecule has 26 nitrogen and oxygen atoms in total. The molecule has 13 heterocycles. The number of methoxy groups -OCH3 is 4. The molecule has 0 spiro atoms. The van der Waals surface area contributed by atoms with Crippen LogP contribution in [0.15, 0.2) is 260 Å². The van der Waals surface area contributed by atoms with Gasteiger partial charge in [-0.1, -0.05) is 66.7 Å². The fourth-order valence-corrected chi connectivity index (χ4v) is 20.3. The van der Waals surface area contributed by atoms with Crippen LogP contribution in [0.3, 0.4) is 0 Å². The molecule has 9 atom stereocenters. The van der Waals surface area contributed by atoms with E-state index in [9.17, 15) is 47.0 Å². The van der Waals surface area contributed by atoms with Crippen molar-refractivity contribution in [3.8, 4) is 34.0 Å². The summed E-state index contributed by atoms with van der Waals surface area (Å²) in [7, 11) is 5.90. The number of halogens is 3. The lowest BCUT2D eigenvalue weighted by Gasteiger charge is -2.36. The second kappa shape index (κ2) is 43.4. The van der Waals surface area contributed by atoms with Gasteiger partial charge in [0.2, 0.25) is 0 Å². The number of nitrogens with zero attached hydrogens (tertiary/aromatic N) is 12. The fraction of sp³-hybridized carbons (Fsp3) is 0.309. The Balaban J connectivity index is 0.000000124. The topological polar surface area (TPSA) is 321 Å². The Hall–Kier alpha value is -14.7. The first-order valence-corrected chi connectivity index (χ1v) is 47.2. The normalized spacial score (nSPS) is 19.6. The predicted octanol–water partition coefficient (Wildman–Crippen LogP) is 17.9. The van der Waals surface area contributed by atoms with Crippen molar-refractivity contribution in [2.24, 2.45) is 45.5 Å². The van der Waals surface area contributed by atoms with Crippen LogP contribution in [0.25, 0.3) is 55.6 Å². The average Bonchev–Trinajstić information content (AvgIpc) is 1.66. The Bertz CT molecular complexity index is 6830. The third-order valence-corrected chi connectivity index (χ3v) is 27.8. The second-order valence-electron chi connectivity index (χ2n) is 36.6. The zero-order valence-corrected chi connectivity index (χ0v) is 77.7. The SMILES string of the molecule is COC(=O)[C@@H]1CC[C@@H](CC(=O)c2ccc3[nH]nc(-c4ccncc4)c3c2)CC1Cc1ccccc1.COC(=O)[C@@H]1CC[C@@H](CC(=O)c2ccc3[nH]nc(-c4ccncc4)c3c2)CN1.COc1cccc(F)c1CN1CCC(F)C(CC(=O)c2ccc3c(c2)C(c2ccc4nccn4c2)=NC3)C1.COc1cccc(F)c1CN1CCC(O)C(CC(=O)c2ccc3c(c2)C(c2ccc4nccn4c2)=NC3)C1. The van der Waals surface area contributed by atoms with E-state index in [-0.39, 0.29) is 95.2 Å². The first kappa shape index (κ1) is 94.7. The predicted molar refractivity (Wildman–Crippen MR) is 523 cm³/mol. The van der Waals surface area contributed by atoms with Crippen molar-refractivity contribution < 1.29 is 66.0 Å². The summed E-state index contributed by atoms with van der Waals surface area (Å²) in [5.41, 5.74) is 19.5. The number of pyridine rings is 4. The van der Waals surface area contributed by atoms with Gasteiger partial charge in [-0.2, -0.15) is 10.2 Å². The van der Waals surface area contributed by atoms with Gasteiger partial charge in [-0.3, -0.25) is 68.7 Å². The number of piperidine rings is 3. The molecule has 4 fully saturated rings. The number of fused-ring (bicyclic) bond motifs is 6. The molecule has 8 aromatic heterocycles. The van der Waals surface area contributed by atoms with Crippen LogP contribution in [0.4, 0.5) is 13.2 Å². The van der Waals surface area contributed by atoms with Crippen molar-refractivity contribution in [2.75, 3.05) is 61.2 Å². The summed E-state index contributed by atoms with van der Waals surface area (Å²) < 4.78 is 68.4. The number of Topliss-reactive ketones (excluding diaryl/α,β-unsaturated/α-hetero) is 4. The first-order valence-electron chi connectivity index (χ1n) is 47.2. The van der Waals surface area contributed by atoms with E-state index in [1.165, 1.54) is 46.1 Å². The number of ether oxygens (including phenoxy) is 4. The number of nitrogens with one attached hydrogen (secondary N) is 3. The lowest BCUT2D eigenvalue weighted by Crippen LogP contribution is -2.44. The molecule has 7 aromatic carbocycles. The first-order chi connectivity index (χ1) is 67.8. The van der Waals surface area contributed by atoms with Gasteiger partial charge in [0.05, 0.1) is 76.0 Å². The van der Waals surface area contributed by atoms with Gasteiger partial charge in [0.25, 0.3) is 0 Å². The number of likely N-dealkylation sites (tertiary alicyclic amines) is 2. The number of hydrogen-bond acceptors (Lipinski definition) is 22. The Morgan fingerprint density at radius 3 is 1.47 bits per heavy atom. The molecule has 0 bridgehead atoms. The number of aliphatic hydroxyl groups is 1. The van der Waals surface area contributed by atoms with E-state index < -0.39 is 18.2 Å². The van der Waals surface area contributed by atoms with Crippen LogP contribution in [-0.4, -0.2) is 190 Å². The summed E-state index contributed by atoms with van der Waals surface area (Å²) in [5.74, 6) is -0.0988. The molecular formula is C110H108F3N15O11. The van der Waals surface area contributed by atoms with Crippen molar-refractivity contribution in [3.05, 3.63) is 334 Å². The molecule has 15 aromatic rings. The zero-order chi connectivity index (χ0) is 96.2. The number of hydrogen-bond donors (Lipinski definition) is 4. The van der Waals surface area contributed by atoms with Gasteiger partial charge in [0.1, 0.15) is 58.0 Å². The van der Waals surface area contributed by atoms with E-state index in [1.807, 2.05) is 178 Å². The maximum absolute atomic E-state index is 15.0. The summed E-state index contributed by atoms with van der Waals surface area (Å²) in [6.07, 6.45) is 23.4. The van der Waals surface area contributed by atoms with E-state index >= 15 is 0 Å². The number of rotatable bonds is 26. The number of aliphatic hydroxyl groups excluding tert-OH is 1. The number of H-pyrrole nitrogens is 2. The van der Waals surface area contributed by atoms with Crippen molar-refractivity contribution >= 4 is 79.6 Å². The van der Waals surface area contributed by atoms with Gasteiger partial charge in [0, 0.05) is 216 Å². The van der Waals surface area contributed by atoms with E-state index in [1.54, 1.807) is 61.4 Å². The molecule has 1 saturated carbocycles. The molecule has 0 amide bonds. The Kier molecular flexibility index (Phi) is 29.5. The fourth-order valence-electron chi connectivity index (χ4n) is 20.3. The number of aromatic amines is 2. The summed E-state index contributed by atoms with van der Waals surface area (Å²) in [4.78, 5) is 107. The molecule has 3 saturated heterocycles. The van der Waals surface area contributed by atoms with Gasteiger partial charge in [-0.15, -0.1) is 0 Å². The van der Waals surface area contributed by atoms with Gasteiger partial charge >= 0.3 is 11.9 Å². The molecule has 29 heteroatoms. The van der Waals surface area contributed by atoms with Gasteiger partial charge in [-0.05, 0) is 214 Å². The molecule has 710 valence electrons. The minimum Gasteiger partial charge on any atom is -0.496 e. The summed E-state index contributed by atoms with van der Waals surface area (Å²) in [5, 5.41) is 30.7. The van der Waals surface area contributed by atoms with Crippen molar-refractivity contribution in [3.63, 3.8) is 0 Å². The smallest absolute Gasteiger partial charge is 0.322 e. The number of aliphatic imine (C=N–C) groups is 2. The van der Waals surface area contributed by atoms with Crippen LogP contribution >= 0.6 is 0 Å². The minimum atomic E-state index is -1.08. The van der Waals surface area contributed by atoms with Crippen molar-refractivity contribution in [1.82, 2.24) is 64.2 Å². The monoisotopic (exact) mass is 1870 g/mol. The zero-order valence-electron chi connectivity index (χ0n) is 77.7. The lowest BCUT2D eigenvalue weighted by molar-refractivity contribution is -0.149. The Morgan fingerprint density at radius 2 is 0.957 bits per heavy atom. The number of alkyl halides is 1. The van der Waals surface area contributed by atoms with E-state index in [2.05, 4.69) is 62.7 Å². The van der Waals surface area contributed by atoms with E-state index in [0.29, 0.717) is 136 Å². The van der Waals surface area contributed by atoms with Crippen LogP contribution in [0.5, 0.6) is 11.5 Å². The Morgan fingerprint density at radius 1 is 0.468 bits per heavy atom.